The lowest BCUT2D eigenvalue weighted by Gasteiger charge is -2.33. The molecule has 1 fully saturated rings. The zero-order chi connectivity index (χ0) is 17.8. The third kappa shape index (κ3) is 3.58. The van der Waals surface area contributed by atoms with Crippen molar-refractivity contribution in [1.29, 1.82) is 0 Å². The molecule has 0 spiro atoms. The molecule has 2 aromatic carbocycles. The minimum absolute atomic E-state index is 0.166. The van der Waals surface area contributed by atoms with E-state index in [1.807, 2.05) is 0 Å². The molecule has 1 aliphatic heterocycles. The average Bonchev–Trinajstić information content (AvgIpc) is 2.66. The number of halogens is 1. The van der Waals surface area contributed by atoms with Crippen LogP contribution in [0, 0.1) is 5.82 Å². The molecule has 0 bridgehead atoms. The van der Waals surface area contributed by atoms with Crippen molar-refractivity contribution in [2.24, 2.45) is 0 Å². The molecule has 1 atom stereocenters. The highest BCUT2D eigenvalue weighted by molar-refractivity contribution is 5.98. The molecule has 0 unspecified atom stereocenters. The first-order valence-corrected chi connectivity index (χ1v) is 8.01. The first kappa shape index (κ1) is 17.2. The Bertz CT molecular complexity index is 765. The molecule has 1 amide bonds. The molecule has 0 saturated carbocycles. The lowest BCUT2D eigenvalue weighted by atomic mass is 10.1. The van der Waals surface area contributed by atoms with Gasteiger partial charge in [-0.2, -0.15) is 0 Å². The molecule has 1 saturated heterocycles. The van der Waals surface area contributed by atoms with E-state index in [-0.39, 0.29) is 17.8 Å². The third-order valence-corrected chi connectivity index (χ3v) is 4.21. The quantitative estimate of drug-likeness (QED) is 0.855. The molecule has 132 valence electrons. The van der Waals surface area contributed by atoms with Gasteiger partial charge in [-0.3, -0.25) is 4.79 Å². The monoisotopic (exact) mass is 345 g/mol. The van der Waals surface area contributed by atoms with Gasteiger partial charge in [-0.25, -0.2) is 4.39 Å². The zero-order valence-electron chi connectivity index (χ0n) is 14.2. The molecule has 1 heterocycles. The summed E-state index contributed by atoms with van der Waals surface area (Å²) in [7, 11) is 3.03. The second-order valence-electron chi connectivity index (χ2n) is 5.71. The molecule has 2 aromatic rings. The van der Waals surface area contributed by atoms with Crippen molar-refractivity contribution in [3.63, 3.8) is 0 Å². The van der Waals surface area contributed by atoms with Crippen molar-refractivity contribution in [2.75, 3.05) is 33.9 Å². The van der Waals surface area contributed by atoms with Crippen LogP contribution in [0.3, 0.4) is 0 Å². The number of rotatable bonds is 4. The summed E-state index contributed by atoms with van der Waals surface area (Å²) in [4.78, 5) is 14.6. The Balaban J connectivity index is 1.83. The molecular formula is C19H20FNO4. The van der Waals surface area contributed by atoms with Crippen molar-refractivity contribution in [1.82, 2.24) is 4.90 Å². The summed E-state index contributed by atoms with van der Waals surface area (Å²) in [5.41, 5.74) is 1.15. The highest BCUT2D eigenvalue weighted by atomic mass is 19.1. The van der Waals surface area contributed by atoms with Gasteiger partial charge in [0.2, 0.25) is 0 Å². The Hall–Kier alpha value is -2.60. The normalized spacial score (nSPS) is 17.2. The number of methoxy groups -OCH3 is 2. The highest BCUT2D eigenvalue weighted by Gasteiger charge is 2.28. The maximum Gasteiger partial charge on any atom is 0.257 e. The summed E-state index contributed by atoms with van der Waals surface area (Å²) in [5, 5.41) is 0. The van der Waals surface area contributed by atoms with E-state index in [1.54, 1.807) is 35.2 Å². The number of hydrogen-bond donors (Lipinski definition) is 0. The van der Waals surface area contributed by atoms with Gasteiger partial charge in [-0.1, -0.05) is 18.2 Å². The summed E-state index contributed by atoms with van der Waals surface area (Å²) in [5.74, 6) is 0.423. The van der Waals surface area contributed by atoms with Crippen LogP contribution in [-0.2, 0) is 4.74 Å². The van der Waals surface area contributed by atoms with E-state index < -0.39 is 0 Å². The minimum Gasteiger partial charge on any atom is -0.493 e. The molecule has 0 radical (unpaired) electrons. The summed E-state index contributed by atoms with van der Waals surface area (Å²) in [6.45, 7) is 1.20. The van der Waals surface area contributed by atoms with Crippen LogP contribution in [0.5, 0.6) is 11.5 Å². The van der Waals surface area contributed by atoms with Gasteiger partial charge in [0.25, 0.3) is 5.91 Å². The summed E-state index contributed by atoms with van der Waals surface area (Å²) in [6, 6.07) is 11.5. The molecule has 25 heavy (non-hydrogen) atoms. The van der Waals surface area contributed by atoms with Gasteiger partial charge in [0.05, 0.1) is 32.9 Å². The second kappa shape index (κ2) is 7.53. The number of morpholine rings is 1. The van der Waals surface area contributed by atoms with Gasteiger partial charge in [0.1, 0.15) is 11.9 Å². The number of nitrogens with zero attached hydrogens (tertiary/aromatic N) is 1. The van der Waals surface area contributed by atoms with Crippen LogP contribution in [0.1, 0.15) is 22.0 Å². The molecule has 1 aliphatic rings. The van der Waals surface area contributed by atoms with E-state index in [4.69, 9.17) is 14.2 Å². The van der Waals surface area contributed by atoms with Crippen molar-refractivity contribution < 1.29 is 23.4 Å². The van der Waals surface area contributed by atoms with Crippen molar-refractivity contribution in [3.05, 3.63) is 59.4 Å². The number of ether oxygens (including phenoxy) is 3. The zero-order valence-corrected chi connectivity index (χ0v) is 14.2. The van der Waals surface area contributed by atoms with Gasteiger partial charge >= 0.3 is 0 Å². The molecule has 0 aliphatic carbocycles. The van der Waals surface area contributed by atoms with Crippen LogP contribution < -0.4 is 9.47 Å². The van der Waals surface area contributed by atoms with Crippen molar-refractivity contribution in [3.8, 4) is 11.5 Å². The number of para-hydroxylation sites is 1. The van der Waals surface area contributed by atoms with E-state index >= 15 is 0 Å². The fraction of sp³-hybridized carbons (Fsp3) is 0.316. The van der Waals surface area contributed by atoms with Crippen LogP contribution in [-0.4, -0.2) is 44.7 Å². The SMILES string of the molecule is COc1cccc(C(=O)N2CCO[C@@H](c3cccc(F)c3)C2)c1OC. The summed E-state index contributed by atoms with van der Waals surface area (Å²) in [6.07, 6.45) is -0.356. The van der Waals surface area contributed by atoms with Gasteiger partial charge in [-0.05, 0) is 29.8 Å². The maximum atomic E-state index is 13.5. The summed E-state index contributed by atoms with van der Waals surface area (Å²) >= 11 is 0. The van der Waals surface area contributed by atoms with Crippen LogP contribution >= 0.6 is 0 Å². The Morgan fingerprint density at radius 3 is 2.72 bits per heavy atom. The molecule has 6 heteroatoms. The molecule has 5 nitrogen and oxygen atoms in total. The number of carbonyl (C=O) groups excluding carboxylic acids is 1. The topological polar surface area (TPSA) is 48.0 Å². The lowest BCUT2D eigenvalue weighted by molar-refractivity contribution is -0.0230. The summed E-state index contributed by atoms with van der Waals surface area (Å²) < 4.78 is 29.8. The molecule has 0 aromatic heterocycles. The Morgan fingerprint density at radius 2 is 2.00 bits per heavy atom. The number of amides is 1. The third-order valence-electron chi connectivity index (χ3n) is 4.21. The number of benzene rings is 2. The predicted octanol–water partition coefficient (Wildman–Crippen LogP) is 3.06. The van der Waals surface area contributed by atoms with Crippen molar-refractivity contribution >= 4 is 5.91 Å². The second-order valence-corrected chi connectivity index (χ2v) is 5.71. The van der Waals surface area contributed by atoms with Crippen LogP contribution in [0.25, 0.3) is 0 Å². The van der Waals surface area contributed by atoms with Gasteiger partial charge in [0.15, 0.2) is 11.5 Å². The van der Waals surface area contributed by atoms with E-state index in [9.17, 15) is 9.18 Å². The Kier molecular flexibility index (Phi) is 5.19. The van der Waals surface area contributed by atoms with E-state index in [0.29, 0.717) is 36.8 Å². The fourth-order valence-corrected chi connectivity index (χ4v) is 2.97. The minimum atomic E-state index is -0.356. The Morgan fingerprint density at radius 1 is 1.20 bits per heavy atom. The van der Waals surface area contributed by atoms with E-state index in [0.717, 1.165) is 5.56 Å². The number of hydrogen-bond acceptors (Lipinski definition) is 4. The largest absolute Gasteiger partial charge is 0.493 e. The van der Waals surface area contributed by atoms with Crippen LogP contribution in [0.15, 0.2) is 42.5 Å². The maximum absolute atomic E-state index is 13.5. The molecule has 3 rings (SSSR count). The van der Waals surface area contributed by atoms with E-state index in [2.05, 4.69) is 0 Å². The van der Waals surface area contributed by atoms with E-state index in [1.165, 1.54) is 26.4 Å². The number of carbonyl (C=O) groups is 1. The smallest absolute Gasteiger partial charge is 0.257 e. The fourth-order valence-electron chi connectivity index (χ4n) is 2.97. The highest BCUT2D eigenvalue weighted by Crippen LogP contribution is 2.32. The standard InChI is InChI=1S/C19H20FNO4/c1-23-16-8-4-7-15(18(16)24-2)19(22)21-9-10-25-17(12-21)13-5-3-6-14(20)11-13/h3-8,11,17H,9-10,12H2,1-2H3/t17-/m1/s1. The average molecular weight is 345 g/mol. The molecule has 0 N–H and O–H groups in total. The Labute approximate surface area is 145 Å². The van der Waals surface area contributed by atoms with Gasteiger partial charge in [-0.15, -0.1) is 0 Å². The predicted molar refractivity (Wildman–Crippen MR) is 90.5 cm³/mol. The van der Waals surface area contributed by atoms with Crippen LogP contribution in [0.4, 0.5) is 4.39 Å². The van der Waals surface area contributed by atoms with Gasteiger partial charge < -0.3 is 19.1 Å². The van der Waals surface area contributed by atoms with Crippen LogP contribution in [0.2, 0.25) is 0 Å². The first-order valence-electron chi connectivity index (χ1n) is 8.01. The first-order chi connectivity index (χ1) is 12.1. The molecular weight excluding hydrogens is 325 g/mol. The van der Waals surface area contributed by atoms with Crippen molar-refractivity contribution in [2.45, 2.75) is 6.10 Å². The van der Waals surface area contributed by atoms with Gasteiger partial charge in [0, 0.05) is 6.54 Å². The lowest BCUT2D eigenvalue weighted by Crippen LogP contribution is -2.42.